The lowest BCUT2D eigenvalue weighted by atomic mass is 9.93. The second-order valence-electron chi connectivity index (χ2n) is 4.81. The molecule has 0 aliphatic heterocycles. The Morgan fingerprint density at radius 3 is 2.88 bits per heavy atom. The van der Waals surface area contributed by atoms with Crippen molar-refractivity contribution in [1.29, 1.82) is 0 Å². The zero-order valence-electron chi connectivity index (χ0n) is 10.4. The van der Waals surface area contributed by atoms with Gasteiger partial charge in [0.1, 0.15) is 0 Å². The SMILES string of the molecule is Cc1c(Br)cccc1C(N)C1=CCCCCC1. The van der Waals surface area contributed by atoms with Crippen molar-refractivity contribution in [1.82, 2.24) is 0 Å². The smallest absolute Gasteiger partial charge is 0.0513 e. The van der Waals surface area contributed by atoms with Crippen molar-refractivity contribution < 1.29 is 0 Å². The average Bonchev–Trinajstić information content (AvgIpc) is 2.60. The number of halogens is 1. The molecule has 92 valence electrons. The highest BCUT2D eigenvalue weighted by atomic mass is 79.9. The average molecular weight is 294 g/mol. The number of allylic oxidation sites excluding steroid dienone is 1. The van der Waals surface area contributed by atoms with Crippen molar-refractivity contribution >= 4 is 15.9 Å². The Bertz CT molecular complexity index is 423. The summed E-state index contributed by atoms with van der Waals surface area (Å²) in [4.78, 5) is 0. The van der Waals surface area contributed by atoms with Crippen LogP contribution in [0, 0.1) is 6.92 Å². The van der Waals surface area contributed by atoms with Crippen molar-refractivity contribution in [3.05, 3.63) is 45.4 Å². The van der Waals surface area contributed by atoms with E-state index in [1.54, 1.807) is 0 Å². The van der Waals surface area contributed by atoms with E-state index in [0.29, 0.717) is 0 Å². The van der Waals surface area contributed by atoms with Gasteiger partial charge in [-0.3, -0.25) is 0 Å². The lowest BCUT2D eigenvalue weighted by Crippen LogP contribution is -2.14. The summed E-state index contributed by atoms with van der Waals surface area (Å²) in [7, 11) is 0. The predicted octanol–water partition coefficient (Wildman–Crippen LogP) is 4.65. The first-order valence-corrected chi connectivity index (χ1v) is 7.19. The van der Waals surface area contributed by atoms with Crippen LogP contribution in [0.1, 0.15) is 49.3 Å². The topological polar surface area (TPSA) is 26.0 Å². The predicted molar refractivity (Wildman–Crippen MR) is 77.0 cm³/mol. The summed E-state index contributed by atoms with van der Waals surface area (Å²) in [5.41, 5.74) is 10.4. The monoisotopic (exact) mass is 293 g/mol. The Morgan fingerprint density at radius 1 is 1.24 bits per heavy atom. The normalized spacial score (nSPS) is 18.4. The van der Waals surface area contributed by atoms with E-state index in [9.17, 15) is 0 Å². The van der Waals surface area contributed by atoms with Gasteiger partial charge in [0.05, 0.1) is 6.04 Å². The molecule has 0 radical (unpaired) electrons. The molecule has 1 aliphatic carbocycles. The second-order valence-corrected chi connectivity index (χ2v) is 5.66. The summed E-state index contributed by atoms with van der Waals surface area (Å²) in [5.74, 6) is 0. The summed E-state index contributed by atoms with van der Waals surface area (Å²) in [6.07, 6.45) is 8.64. The first kappa shape index (κ1) is 12.8. The van der Waals surface area contributed by atoms with Crippen molar-refractivity contribution in [3.8, 4) is 0 Å². The highest BCUT2D eigenvalue weighted by molar-refractivity contribution is 9.10. The van der Waals surface area contributed by atoms with Crippen LogP contribution in [0.5, 0.6) is 0 Å². The number of benzene rings is 1. The molecule has 0 amide bonds. The second kappa shape index (κ2) is 5.83. The molecule has 1 aromatic carbocycles. The molecule has 2 rings (SSSR count). The third-order valence-corrected chi connectivity index (χ3v) is 4.48. The molecule has 1 atom stereocenters. The van der Waals surface area contributed by atoms with Gasteiger partial charge in [0.2, 0.25) is 0 Å². The van der Waals surface area contributed by atoms with Gasteiger partial charge >= 0.3 is 0 Å². The maximum atomic E-state index is 6.42. The minimum atomic E-state index is 0.0746. The molecule has 2 N–H and O–H groups in total. The van der Waals surface area contributed by atoms with E-state index >= 15 is 0 Å². The van der Waals surface area contributed by atoms with Gasteiger partial charge in [0, 0.05) is 4.47 Å². The molecular formula is C15H20BrN. The van der Waals surface area contributed by atoms with E-state index in [1.165, 1.54) is 42.4 Å². The summed E-state index contributed by atoms with van der Waals surface area (Å²) < 4.78 is 1.15. The first-order chi connectivity index (χ1) is 8.20. The van der Waals surface area contributed by atoms with Gasteiger partial charge in [-0.1, -0.05) is 46.1 Å². The number of hydrogen-bond acceptors (Lipinski definition) is 1. The summed E-state index contributed by atoms with van der Waals surface area (Å²) in [6.45, 7) is 2.14. The van der Waals surface area contributed by atoms with Crippen LogP contribution in [0.3, 0.4) is 0 Å². The molecule has 1 nitrogen and oxygen atoms in total. The van der Waals surface area contributed by atoms with Crippen molar-refractivity contribution in [2.24, 2.45) is 5.73 Å². The molecule has 1 unspecified atom stereocenters. The van der Waals surface area contributed by atoms with Crippen molar-refractivity contribution in [3.63, 3.8) is 0 Å². The van der Waals surface area contributed by atoms with Crippen LogP contribution in [0.2, 0.25) is 0 Å². The quantitative estimate of drug-likeness (QED) is 0.790. The van der Waals surface area contributed by atoms with Crippen LogP contribution in [0.25, 0.3) is 0 Å². The van der Waals surface area contributed by atoms with Crippen LogP contribution < -0.4 is 5.73 Å². The van der Waals surface area contributed by atoms with E-state index < -0.39 is 0 Å². The van der Waals surface area contributed by atoms with E-state index in [1.807, 2.05) is 0 Å². The van der Waals surface area contributed by atoms with Gasteiger partial charge in [-0.15, -0.1) is 0 Å². The minimum absolute atomic E-state index is 0.0746. The molecule has 0 bridgehead atoms. The molecule has 0 saturated carbocycles. The molecule has 17 heavy (non-hydrogen) atoms. The zero-order valence-corrected chi connectivity index (χ0v) is 12.0. The van der Waals surface area contributed by atoms with Crippen molar-refractivity contribution in [2.75, 3.05) is 0 Å². The highest BCUT2D eigenvalue weighted by Crippen LogP contribution is 2.31. The Hall–Kier alpha value is -0.600. The molecule has 0 saturated heterocycles. The Labute approximate surface area is 112 Å². The zero-order chi connectivity index (χ0) is 12.3. The number of nitrogens with two attached hydrogens (primary N) is 1. The molecular weight excluding hydrogens is 274 g/mol. The van der Waals surface area contributed by atoms with E-state index in [2.05, 4.69) is 47.1 Å². The number of hydrogen-bond donors (Lipinski definition) is 1. The van der Waals surface area contributed by atoms with E-state index in [-0.39, 0.29) is 6.04 Å². The Balaban J connectivity index is 2.26. The molecule has 2 heteroatoms. The Morgan fingerprint density at radius 2 is 2.06 bits per heavy atom. The third-order valence-electron chi connectivity index (χ3n) is 3.62. The van der Waals surface area contributed by atoms with Crippen LogP contribution in [-0.4, -0.2) is 0 Å². The third kappa shape index (κ3) is 2.99. The van der Waals surface area contributed by atoms with Crippen LogP contribution in [-0.2, 0) is 0 Å². The van der Waals surface area contributed by atoms with Gasteiger partial charge in [-0.2, -0.15) is 0 Å². The largest absolute Gasteiger partial charge is 0.321 e. The molecule has 1 aliphatic rings. The van der Waals surface area contributed by atoms with E-state index in [4.69, 9.17) is 5.73 Å². The maximum absolute atomic E-state index is 6.42. The van der Waals surface area contributed by atoms with Gasteiger partial charge in [0.25, 0.3) is 0 Å². The summed E-state index contributed by atoms with van der Waals surface area (Å²) in [5, 5.41) is 0. The molecule has 0 fully saturated rings. The first-order valence-electron chi connectivity index (χ1n) is 6.39. The molecule has 1 aromatic rings. The minimum Gasteiger partial charge on any atom is -0.321 e. The fraction of sp³-hybridized carbons (Fsp3) is 0.467. The van der Waals surface area contributed by atoms with Gasteiger partial charge < -0.3 is 5.73 Å². The Kier molecular flexibility index (Phi) is 4.41. The maximum Gasteiger partial charge on any atom is 0.0513 e. The number of rotatable bonds is 2. The van der Waals surface area contributed by atoms with Crippen LogP contribution in [0.15, 0.2) is 34.3 Å². The fourth-order valence-electron chi connectivity index (χ4n) is 2.48. The van der Waals surface area contributed by atoms with Crippen LogP contribution >= 0.6 is 15.9 Å². The van der Waals surface area contributed by atoms with Gasteiger partial charge in [-0.25, -0.2) is 0 Å². The van der Waals surface area contributed by atoms with Crippen LogP contribution in [0.4, 0.5) is 0 Å². The highest BCUT2D eigenvalue weighted by Gasteiger charge is 2.15. The van der Waals surface area contributed by atoms with Gasteiger partial charge in [0.15, 0.2) is 0 Å². The lowest BCUT2D eigenvalue weighted by molar-refractivity contribution is 0.687. The van der Waals surface area contributed by atoms with Gasteiger partial charge in [-0.05, 0) is 49.8 Å². The molecule has 0 aromatic heterocycles. The molecule has 0 heterocycles. The standard InChI is InChI=1S/C15H20BrN/c1-11-13(9-6-10-14(11)16)15(17)12-7-4-2-3-5-8-12/h6-7,9-10,15H,2-5,8,17H2,1H3. The lowest BCUT2D eigenvalue weighted by Gasteiger charge is -2.18. The van der Waals surface area contributed by atoms with E-state index in [0.717, 1.165) is 10.9 Å². The van der Waals surface area contributed by atoms with Crippen molar-refractivity contribution in [2.45, 2.75) is 45.1 Å². The summed E-state index contributed by atoms with van der Waals surface area (Å²) in [6, 6.07) is 6.37. The molecule has 0 spiro atoms. The fourth-order valence-corrected chi connectivity index (χ4v) is 2.86. The summed E-state index contributed by atoms with van der Waals surface area (Å²) >= 11 is 3.58.